The number of ether oxygens (including phenoxy) is 1. The minimum Gasteiger partial charge on any atom is -0.465 e. The van der Waals surface area contributed by atoms with E-state index in [1.54, 1.807) is 6.07 Å². The summed E-state index contributed by atoms with van der Waals surface area (Å²) < 4.78 is 5.00. The van der Waals surface area contributed by atoms with Crippen molar-refractivity contribution in [3.63, 3.8) is 0 Å². The van der Waals surface area contributed by atoms with E-state index in [4.69, 9.17) is 27.9 Å². The third-order valence-corrected chi connectivity index (χ3v) is 3.81. The molecular formula is C14H17Cl2NO2. The van der Waals surface area contributed by atoms with Crippen molar-refractivity contribution < 1.29 is 9.53 Å². The second kappa shape index (κ2) is 6.60. The van der Waals surface area contributed by atoms with Gasteiger partial charge >= 0.3 is 5.97 Å². The highest BCUT2D eigenvalue weighted by molar-refractivity contribution is 6.42. The van der Waals surface area contributed by atoms with E-state index in [0.29, 0.717) is 35.8 Å². The zero-order valence-corrected chi connectivity index (χ0v) is 12.4. The molecule has 0 radical (unpaired) electrons. The van der Waals surface area contributed by atoms with Crippen LogP contribution in [0.5, 0.6) is 0 Å². The standard InChI is InChI=1S/C14H17Cl2NO2/c1-2-19-14(18)9-17(11-4-5-11)8-10-3-6-12(15)13(16)7-10/h3,6-7,11H,2,4-5,8-9H2,1H3. The Balaban J connectivity index is 1.99. The summed E-state index contributed by atoms with van der Waals surface area (Å²) in [7, 11) is 0. The Kier molecular flexibility index (Phi) is 5.08. The summed E-state index contributed by atoms with van der Waals surface area (Å²) >= 11 is 11.9. The fourth-order valence-electron chi connectivity index (χ4n) is 2.00. The summed E-state index contributed by atoms with van der Waals surface area (Å²) in [5.41, 5.74) is 1.06. The number of carbonyl (C=O) groups excluding carboxylic acids is 1. The van der Waals surface area contributed by atoms with Crippen molar-refractivity contribution in [2.24, 2.45) is 0 Å². The summed E-state index contributed by atoms with van der Waals surface area (Å²) in [5, 5.41) is 1.10. The third-order valence-electron chi connectivity index (χ3n) is 3.07. The van der Waals surface area contributed by atoms with Gasteiger partial charge in [0.05, 0.1) is 23.2 Å². The van der Waals surface area contributed by atoms with Crippen molar-refractivity contribution in [2.75, 3.05) is 13.2 Å². The first kappa shape index (κ1) is 14.6. The maximum absolute atomic E-state index is 11.6. The lowest BCUT2D eigenvalue weighted by molar-refractivity contribution is -0.144. The molecule has 1 aromatic carbocycles. The van der Waals surface area contributed by atoms with E-state index >= 15 is 0 Å². The van der Waals surface area contributed by atoms with Crippen LogP contribution in [0.25, 0.3) is 0 Å². The molecule has 0 bridgehead atoms. The molecule has 0 amide bonds. The Morgan fingerprint density at radius 2 is 2.11 bits per heavy atom. The molecule has 1 fully saturated rings. The van der Waals surface area contributed by atoms with E-state index < -0.39 is 0 Å². The van der Waals surface area contributed by atoms with Crippen molar-refractivity contribution in [3.05, 3.63) is 33.8 Å². The maximum Gasteiger partial charge on any atom is 0.320 e. The van der Waals surface area contributed by atoms with E-state index in [0.717, 1.165) is 18.4 Å². The molecule has 0 unspecified atom stereocenters. The molecule has 3 nitrogen and oxygen atoms in total. The molecule has 0 atom stereocenters. The number of hydrogen-bond acceptors (Lipinski definition) is 3. The number of rotatable bonds is 6. The second-order valence-corrected chi connectivity index (χ2v) is 5.50. The van der Waals surface area contributed by atoms with Gasteiger partial charge in [0.1, 0.15) is 0 Å². The van der Waals surface area contributed by atoms with E-state index in [-0.39, 0.29) is 5.97 Å². The van der Waals surface area contributed by atoms with E-state index in [9.17, 15) is 4.79 Å². The normalized spacial score (nSPS) is 14.7. The van der Waals surface area contributed by atoms with Crippen LogP contribution in [0.4, 0.5) is 0 Å². The van der Waals surface area contributed by atoms with Crippen molar-refractivity contribution in [1.82, 2.24) is 4.90 Å². The molecule has 1 saturated carbocycles. The lowest BCUT2D eigenvalue weighted by Crippen LogP contribution is -2.32. The molecule has 1 aromatic rings. The van der Waals surface area contributed by atoms with E-state index in [2.05, 4.69) is 4.90 Å². The number of esters is 1. The SMILES string of the molecule is CCOC(=O)CN(Cc1ccc(Cl)c(Cl)c1)C1CC1. The average Bonchev–Trinajstić information content (AvgIpc) is 3.17. The van der Waals surface area contributed by atoms with Crippen LogP contribution in [0, 0.1) is 0 Å². The number of halogens is 2. The van der Waals surface area contributed by atoms with Crippen LogP contribution in [-0.2, 0) is 16.1 Å². The molecule has 0 spiro atoms. The minimum atomic E-state index is -0.172. The first-order valence-electron chi connectivity index (χ1n) is 6.43. The Hall–Kier alpha value is -0.770. The maximum atomic E-state index is 11.6. The quantitative estimate of drug-likeness (QED) is 0.753. The zero-order valence-electron chi connectivity index (χ0n) is 10.9. The Morgan fingerprint density at radius 3 is 2.68 bits per heavy atom. The molecule has 2 rings (SSSR count). The van der Waals surface area contributed by atoms with Gasteiger partial charge in [0.25, 0.3) is 0 Å². The number of hydrogen-bond donors (Lipinski definition) is 0. The minimum absolute atomic E-state index is 0.172. The molecule has 0 heterocycles. The third kappa shape index (κ3) is 4.37. The fourth-order valence-corrected chi connectivity index (χ4v) is 2.32. The van der Waals surface area contributed by atoms with Crippen molar-refractivity contribution in [1.29, 1.82) is 0 Å². The van der Waals surface area contributed by atoms with Crippen LogP contribution in [0.15, 0.2) is 18.2 Å². The van der Waals surface area contributed by atoms with Crippen LogP contribution in [0.3, 0.4) is 0 Å². The molecule has 104 valence electrons. The second-order valence-electron chi connectivity index (χ2n) is 4.69. The molecule has 0 N–H and O–H groups in total. The van der Waals surface area contributed by atoms with Crippen LogP contribution >= 0.6 is 23.2 Å². The van der Waals surface area contributed by atoms with E-state index in [1.807, 2.05) is 19.1 Å². The fraction of sp³-hybridized carbons (Fsp3) is 0.500. The number of carbonyl (C=O) groups is 1. The molecule has 19 heavy (non-hydrogen) atoms. The Bertz CT molecular complexity index is 461. The van der Waals surface area contributed by atoms with Crippen LogP contribution < -0.4 is 0 Å². The highest BCUT2D eigenvalue weighted by Crippen LogP contribution is 2.29. The van der Waals surface area contributed by atoms with Crippen LogP contribution in [-0.4, -0.2) is 30.1 Å². The van der Waals surface area contributed by atoms with E-state index in [1.165, 1.54) is 0 Å². The van der Waals surface area contributed by atoms with Gasteiger partial charge in [-0.15, -0.1) is 0 Å². The van der Waals surface area contributed by atoms with Gasteiger partial charge in [-0.05, 0) is 37.5 Å². The summed E-state index contributed by atoms with van der Waals surface area (Å²) in [6.45, 7) is 3.27. The van der Waals surface area contributed by atoms with Crippen molar-refractivity contribution in [3.8, 4) is 0 Å². The number of benzene rings is 1. The lowest BCUT2D eigenvalue weighted by atomic mass is 10.2. The summed E-state index contributed by atoms with van der Waals surface area (Å²) in [6.07, 6.45) is 2.28. The highest BCUT2D eigenvalue weighted by Gasteiger charge is 2.30. The average molecular weight is 302 g/mol. The van der Waals surface area contributed by atoms with Gasteiger partial charge in [-0.2, -0.15) is 0 Å². The van der Waals surface area contributed by atoms with Gasteiger partial charge in [-0.3, -0.25) is 9.69 Å². The van der Waals surface area contributed by atoms with Gasteiger partial charge in [0.2, 0.25) is 0 Å². The first-order valence-corrected chi connectivity index (χ1v) is 7.19. The first-order chi connectivity index (χ1) is 9.10. The van der Waals surface area contributed by atoms with Gasteiger partial charge in [0, 0.05) is 12.6 Å². The molecule has 1 aliphatic rings. The molecule has 0 saturated heterocycles. The van der Waals surface area contributed by atoms with Gasteiger partial charge in [-0.1, -0.05) is 29.3 Å². The van der Waals surface area contributed by atoms with Crippen molar-refractivity contribution >= 4 is 29.2 Å². The molecular weight excluding hydrogens is 285 g/mol. The van der Waals surface area contributed by atoms with Gasteiger partial charge in [-0.25, -0.2) is 0 Å². The van der Waals surface area contributed by atoms with Crippen LogP contribution in [0.2, 0.25) is 10.0 Å². The Morgan fingerprint density at radius 1 is 1.37 bits per heavy atom. The smallest absolute Gasteiger partial charge is 0.320 e. The molecule has 1 aliphatic carbocycles. The predicted octanol–water partition coefficient (Wildman–Crippen LogP) is 3.52. The highest BCUT2D eigenvalue weighted by atomic mass is 35.5. The monoisotopic (exact) mass is 301 g/mol. The summed E-state index contributed by atoms with van der Waals surface area (Å²) in [5.74, 6) is -0.172. The topological polar surface area (TPSA) is 29.5 Å². The number of nitrogens with zero attached hydrogens (tertiary/aromatic N) is 1. The van der Waals surface area contributed by atoms with Gasteiger partial charge < -0.3 is 4.74 Å². The van der Waals surface area contributed by atoms with Crippen molar-refractivity contribution in [2.45, 2.75) is 32.4 Å². The van der Waals surface area contributed by atoms with Crippen LogP contribution in [0.1, 0.15) is 25.3 Å². The largest absolute Gasteiger partial charge is 0.465 e. The molecule has 0 aliphatic heterocycles. The predicted molar refractivity (Wildman–Crippen MR) is 76.5 cm³/mol. The summed E-state index contributed by atoms with van der Waals surface area (Å²) in [6, 6.07) is 6.06. The summed E-state index contributed by atoms with van der Waals surface area (Å²) in [4.78, 5) is 13.7. The lowest BCUT2D eigenvalue weighted by Gasteiger charge is -2.21. The Labute approximate surface area is 123 Å². The molecule has 0 aromatic heterocycles. The zero-order chi connectivity index (χ0) is 13.8. The molecule has 5 heteroatoms. The van der Waals surface area contributed by atoms with Gasteiger partial charge in [0.15, 0.2) is 0 Å².